The Balaban J connectivity index is 1.32. The molecule has 1 saturated carbocycles. The number of nitrogens with zero attached hydrogens (tertiary/aromatic N) is 1. The Kier molecular flexibility index (Phi) is 6.85. The molecule has 8 nitrogen and oxygen atoms in total. The van der Waals surface area contributed by atoms with Gasteiger partial charge in [0.25, 0.3) is 0 Å². The van der Waals surface area contributed by atoms with E-state index in [2.05, 4.69) is 10.6 Å². The zero-order chi connectivity index (χ0) is 27.1. The van der Waals surface area contributed by atoms with Gasteiger partial charge in [0.1, 0.15) is 17.4 Å². The second-order valence-electron chi connectivity index (χ2n) is 10.9. The molecule has 3 heterocycles. The Hall–Kier alpha value is -3.36. The average molecular weight is 550 g/mol. The number of nitrogens with one attached hydrogen (secondary N) is 2. The van der Waals surface area contributed by atoms with Gasteiger partial charge in [-0.1, -0.05) is 55.1 Å². The summed E-state index contributed by atoms with van der Waals surface area (Å²) in [6.45, 7) is 0.199. The van der Waals surface area contributed by atoms with Crippen LogP contribution in [0, 0.1) is 11.8 Å². The summed E-state index contributed by atoms with van der Waals surface area (Å²) < 4.78 is 11.8. The number of methoxy groups -OCH3 is 1. The molecular formula is C30H32ClN3O5. The van der Waals surface area contributed by atoms with Crippen molar-refractivity contribution in [1.82, 2.24) is 10.2 Å². The molecule has 2 saturated heterocycles. The minimum atomic E-state index is -1.21. The van der Waals surface area contributed by atoms with E-state index < -0.39 is 29.6 Å². The topological polar surface area (TPSA) is 97.0 Å². The number of carbonyl (C=O) groups is 3. The van der Waals surface area contributed by atoms with Crippen molar-refractivity contribution in [3.05, 3.63) is 71.3 Å². The molecule has 5 atom stereocenters. The lowest BCUT2D eigenvalue weighted by atomic mass is 9.74. The zero-order valence-electron chi connectivity index (χ0n) is 21.8. The molecule has 2 N–H and O–H groups in total. The highest BCUT2D eigenvalue weighted by atomic mass is 35.5. The molecule has 1 aliphatic carbocycles. The monoisotopic (exact) mass is 549 g/mol. The maximum absolute atomic E-state index is 14.2. The summed E-state index contributed by atoms with van der Waals surface area (Å²) in [6, 6.07) is 13.4. The summed E-state index contributed by atoms with van der Waals surface area (Å²) in [5.74, 6) is -1.72. The third-order valence-electron chi connectivity index (χ3n) is 8.48. The van der Waals surface area contributed by atoms with Gasteiger partial charge in [-0.25, -0.2) is 0 Å². The van der Waals surface area contributed by atoms with E-state index in [9.17, 15) is 14.4 Å². The molecule has 3 amide bonds. The molecule has 204 valence electrons. The molecular weight excluding hydrogens is 518 g/mol. The number of carbonyl (C=O) groups excluding carboxylic acids is 3. The van der Waals surface area contributed by atoms with Gasteiger partial charge in [0.15, 0.2) is 0 Å². The number of amides is 3. The minimum Gasteiger partial charge on any atom is -0.497 e. The van der Waals surface area contributed by atoms with E-state index >= 15 is 0 Å². The van der Waals surface area contributed by atoms with E-state index in [-0.39, 0.29) is 30.3 Å². The van der Waals surface area contributed by atoms with Crippen LogP contribution in [0.15, 0.2) is 60.7 Å². The minimum absolute atomic E-state index is 0.0713. The second-order valence-corrected chi connectivity index (χ2v) is 11.3. The lowest BCUT2D eigenvalue weighted by Gasteiger charge is -2.34. The van der Waals surface area contributed by atoms with Crippen LogP contribution >= 0.6 is 11.6 Å². The molecule has 3 aliphatic heterocycles. The van der Waals surface area contributed by atoms with Crippen LogP contribution in [-0.2, 0) is 25.7 Å². The molecule has 39 heavy (non-hydrogen) atoms. The SMILES string of the molecule is COc1cccc(CN2C(=O)[C@H]3[C@@H](C(=O)Nc4ccc(Cl)cc4)[C@H]4C=C[C@@]3(O4)[C@H]2C(=O)NC2CCCCC2)c1. The molecule has 4 aliphatic rings. The molecule has 2 aromatic rings. The molecule has 2 bridgehead atoms. The maximum atomic E-state index is 14.2. The maximum Gasteiger partial charge on any atom is 0.246 e. The van der Waals surface area contributed by atoms with Crippen molar-refractivity contribution in [3.8, 4) is 5.75 Å². The molecule has 6 rings (SSSR count). The zero-order valence-corrected chi connectivity index (χ0v) is 22.5. The number of likely N-dealkylation sites (tertiary alicyclic amines) is 1. The summed E-state index contributed by atoms with van der Waals surface area (Å²) in [5, 5.41) is 6.69. The van der Waals surface area contributed by atoms with Gasteiger partial charge in [-0.2, -0.15) is 0 Å². The van der Waals surface area contributed by atoms with Crippen LogP contribution in [-0.4, -0.2) is 53.5 Å². The number of ether oxygens (including phenoxy) is 2. The number of hydrogen-bond donors (Lipinski definition) is 2. The van der Waals surface area contributed by atoms with Crippen LogP contribution in [0.2, 0.25) is 5.02 Å². The third kappa shape index (κ3) is 4.59. The Morgan fingerprint density at radius 3 is 2.62 bits per heavy atom. The highest BCUT2D eigenvalue weighted by molar-refractivity contribution is 6.30. The molecule has 0 unspecified atom stereocenters. The molecule has 9 heteroatoms. The fourth-order valence-corrected chi connectivity index (χ4v) is 6.82. The second kappa shape index (κ2) is 10.3. The lowest BCUT2D eigenvalue weighted by Crippen LogP contribution is -2.56. The van der Waals surface area contributed by atoms with Crippen molar-refractivity contribution < 1.29 is 23.9 Å². The Labute approximate surface area is 232 Å². The Morgan fingerprint density at radius 2 is 1.87 bits per heavy atom. The van der Waals surface area contributed by atoms with E-state index in [1.165, 1.54) is 6.42 Å². The number of benzene rings is 2. The number of rotatable bonds is 7. The van der Waals surface area contributed by atoms with E-state index in [1.54, 1.807) is 36.3 Å². The summed E-state index contributed by atoms with van der Waals surface area (Å²) in [6.07, 6.45) is 8.22. The van der Waals surface area contributed by atoms with Gasteiger partial charge < -0.3 is 25.0 Å². The first-order chi connectivity index (χ1) is 18.9. The number of fused-ring (bicyclic) bond motifs is 1. The van der Waals surface area contributed by atoms with Crippen molar-refractivity contribution in [1.29, 1.82) is 0 Å². The highest BCUT2D eigenvalue weighted by Gasteiger charge is 2.72. The summed E-state index contributed by atoms with van der Waals surface area (Å²) in [5.41, 5.74) is 0.201. The van der Waals surface area contributed by atoms with Crippen LogP contribution in [0.5, 0.6) is 5.75 Å². The third-order valence-corrected chi connectivity index (χ3v) is 8.73. The molecule has 2 aromatic carbocycles. The van der Waals surface area contributed by atoms with E-state index in [0.717, 1.165) is 31.2 Å². The smallest absolute Gasteiger partial charge is 0.246 e. The molecule has 0 aromatic heterocycles. The quantitative estimate of drug-likeness (QED) is 0.507. The van der Waals surface area contributed by atoms with Gasteiger partial charge in [0.2, 0.25) is 17.7 Å². The van der Waals surface area contributed by atoms with Gasteiger partial charge in [-0.15, -0.1) is 0 Å². The van der Waals surface area contributed by atoms with Crippen molar-refractivity contribution in [2.45, 2.75) is 62.4 Å². The first-order valence-corrected chi connectivity index (χ1v) is 13.9. The summed E-state index contributed by atoms with van der Waals surface area (Å²) in [7, 11) is 1.59. The standard InChI is InChI=1S/C30H32ClN3O5/c1-38-22-9-5-6-18(16-22)17-34-26(28(36)33-20-7-3-2-4-8-20)30-15-14-23(39-30)24(25(30)29(34)37)27(35)32-21-12-10-19(31)11-13-21/h5-6,9-16,20,23-26H,2-4,7-8,17H2,1H3,(H,32,35)(H,33,36)/t23-,24+,25-,26-,30+/m1/s1. The van der Waals surface area contributed by atoms with E-state index in [4.69, 9.17) is 21.1 Å². The number of halogens is 1. The number of anilines is 1. The van der Waals surface area contributed by atoms with Gasteiger partial charge in [-0.3, -0.25) is 14.4 Å². The van der Waals surface area contributed by atoms with Crippen LogP contribution in [0.25, 0.3) is 0 Å². The van der Waals surface area contributed by atoms with Crippen molar-refractivity contribution >= 4 is 35.0 Å². The fraction of sp³-hybridized carbons (Fsp3) is 0.433. The molecule has 1 spiro atoms. The molecule has 3 fully saturated rings. The average Bonchev–Trinajstić information content (AvgIpc) is 3.58. The number of hydrogen-bond acceptors (Lipinski definition) is 5. The largest absolute Gasteiger partial charge is 0.497 e. The Bertz CT molecular complexity index is 1310. The summed E-state index contributed by atoms with van der Waals surface area (Å²) >= 11 is 6.00. The van der Waals surface area contributed by atoms with Gasteiger partial charge in [0, 0.05) is 23.3 Å². The lowest BCUT2D eigenvalue weighted by molar-refractivity contribution is -0.142. The highest BCUT2D eigenvalue weighted by Crippen LogP contribution is 2.55. The Morgan fingerprint density at radius 1 is 1.10 bits per heavy atom. The van der Waals surface area contributed by atoms with Crippen LogP contribution in [0.3, 0.4) is 0 Å². The van der Waals surface area contributed by atoms with Crippen LogP contribution in [0.1, 0.15) is 37.7 Å². The fourth-order valence-electron chi connectivity index (χ4n) is 6.69. The first-order valence-electron chi connectivity index (χ1n) is 13.6. The van der Waals surface area contributed by atoms with Crippen molar-refractivity contribution in [3.63, 3.8) is 0 Å². The predicted molar refractivity (Wildman–Crippen MR) is 146 cm³/mol. The van der Waals surface area contributed by atoms with Gasteiger partial charge in [0.05, 0.1) is 25.0 Å². The predicted octanol–water partition coefficient (Wildman–Crippen LogP) is 4.09. The van der Waals surface area contributed by atoms with Crippen molar-refractivity contribution in [2.24, 2.45) is 11.8 Å². The van der Waals surface area contributed by atoms with Crippen LogP contribution in [0.4, 0.5) is 5.69 Å². The van der Waals surface area contributed by atoms with Crippen molar-refractivity contribution in [2.75, 3.05) is 12.4 Å². The molecule has 0 radical (unpaired) electrons. The van der Waals surface area contributed by atoms with Gasteiger partial charge >= 0.3 is 0 Å². The van der Waals surface area contributed by atoms with Crippen LogP contribution < -0.4 is 15.4 Å². The summed E-state index contributed by atoms with van der Waals surface area (Å²) in [4.78, 5) is 43.3. The van der Waals surface area contributed by atoms with E-state index in [1.807, 2.05) is 36.4 Å². The van der Waals surface area contributed by atoms with Gasteiger partial charge in [-0.05, 0) is 54.8 Å². The normalized spacial score (nSPS) is 29.4. The first kappa shape index (κ1) is 25.9. The van der Waals surface area contributed by atoms with E-state index in [0.29, 0.717) is 16.5 Å².